The third-order valence-corrected chi connectivity index (χ3v) is 5.14. The maximum Gasteiger partial charge on any atom is 0.154 e. The third kappa shape index (κ3) is 2.75. The van der Waals surface area contributed by atoms with Crippen LogP contribution in [0.3, 0.4) is 0 Å². The van der Waals surface area contributed by atoms with Crippen LogP contribution < -0.4 is 4.90 Å². The summed E-state index contributed by atoms with van der Waals surface area (Å²) in [4.78, 5) is 6.82. The van der Waals surface area contributed by atoms with Crippen molar-refractivity contribution in [1.82, 2.24) is 24.4 Å². The van der Waals surface area contributed by atoms with Crippen molar-refractivity contribution in [2.75, 3.05) is 18.0 Å². The van der Waals surface area contributed by atoms with Crippen molar-refractivity contribution in [3.63, 3.8) is 0 Å². The SMILES string of the molecule is C[C@@H]1CN(c2ccc3ncc(-c4ccc5cnn(C)c5c4)n3n2)C[C@H](C)O1. The van der Waals surface area contributed by atoms with E-state index in [0.717, 1.165) is 46.7 Å². The van der Waals surface area contributed by atoms with Crippen LogP contribution in [0.25, 0.3) is 27.8 Å². The normalized spacial score (nSPS) is 20.6. The summed E-state index contributed by atoms with van der Waals surface area (Å²) in [6.07, 6.45) is 4.15. The maximum atomic E-state index is 5.85. The number of morpholine rings is 1. The topological polar surface area (TPSA) is 60.5 Å². The summed E-state index contributed by atoms with van der Waals surface area (Å²) in [5.41, 5.74) is 3.99. The largest absolute Gasteiger partial charge is 0.372 e. The highest BCUT2D eigenvalue weighted by Gasteiger charge is 2.23. The minimum absolute atomic E-state index is 0.195. The molecule has 0 saturated carbocycles. The molecule has 0 amide bonds. The van der Waals surface area contributed by atoms with Crippen molar-refractivity contribution in [1.29, 1.82) is 0 Å². The fourth-order valence-corrected chi connectivity index (χ4v) is 3.90. The Morgan fingerprint density at radius 2 is 1.85 bits per heavy atom. The van der Waals surface area contributed by atoms with Crippen LogP contribution >= 0.6 is 0 Å². The Balaban J connectivity index is 1.59. The zero-order chi connectivity index (χ0) is 18.5. The Morgan fingerprint density at radius 1 is 1.04 bits per heavy atom. The van der Waals surface area contributed by atoms with E-state index in [-0.39, 0.29) is 12.2 Å². The molecule has 2 atom stereocenters. The summed E-state index contributed by atoms with van der Waals surface area (Å²) in [5.74, 6) is 0.949. The van der Waals surface area contributed by atoms with Gasteiger partial charge in [0, 0.05) is 31.1 Å². The summed E-state index contributed by atoms with van der Waals surface area (Å²) < 4.78 is 9.67. The Labute approximate surface area is 157 Å². The van der Waals surface area contributed by atoms with Crippen LogP contribution in [-0.4, -0.2) is 49.7 Å². The first-order valence-electron chi connectivity index (χ1n) is 9.26. The van der Waals surface area contributed by atoms with Gasteiger partial charge in [0.15, 0.2) is 5.65 Å². The van der Waals surface area contributed by atoms with Crippen LogP contribution in [0.15, 0.2) is 42.7 Å². The highest BCUT2D eigenvalue weighted by molar-refractivity contribution is 5.84. The maximum absolute atomic E-state index is 5.85. The predicted molar refractivity (Wildman–Crippen MR) is 105 cm³/mol. The second-order valence-electron chi connectivity index (χ2n) is 7.31. The monoisotopic (exact) mass is 362 g/mol. The van der Waals surface area contributed by atoms with Gasteiger partial charge in [-0.05, 0) is 32.0 Å². The van der Waals surface area contributed by atoms with Gasteiger partial charge in [-0.1, -0.05) is 12.1 Å². The van der Waals surface area contributed by atoms with Gasteiger partial charge in [0.2, 0.25) is 0 Å². The molecule has 0 N–H and O–H groups in total. The standard InChI is InChI=1S/C20H22N6O/c1-13-11-25(12-14(2)27-13)20-7-6-19-21-10-18(26(19)23-20)15-4-5-16-9-22-24(3)17(16)8-15/h4-10,13-14H,11-12H2,1-3H3/t13-,14+. The smallest absolute Gasteiger partial charge is 0.154 e. The van der Waals surface area contributed by atoms with Crippen molar-refractivity contribution in [3.8, 4) is 11.3 Å². The van der Waals surface area contributed by atoms with Crippen LogP contribution in [0.5, 0.6) is 0 Å². The van der Waals surface area contributed by atoms with E-state index in [1.54, 1.807) is 0 Å². The minimum atomic E-state index is 0.195. The zero-order valence-corrected chi connectivity index (χ0v) is 15.7. The molecule has 1 saturated heterocycles. The van der Waals surface area contributed by atoms with E-state index in [1.807, 2.05) is 40.8 Å². The molecule has 5 rings (SSSR count). The fraction of sp³-hybridized carbons (Fsp3) is 0.350. The number of benzene rings is 1. The molecule has 0 bridgehead atoms. The Hall–Kier alpha value is -2.93. The lowest BCUT2D eigenvalue weighted by molar-refractivity contribution is -0.00551. The molecule has 3 aromatic heterocycles. The summed E-state index contributed by atoms with van der Waals surface area (Å²) in [7, 11) is 1.96. The van der Waals surface area contributed by atoms with Crippen LogP contribution in [0.4, 0.5) is 5.82 Å². The van der Waals surface area contributed by atoms with E-state index in [0.29, 0.717) is 0 Å². The van der Waals surface area contributed by atoms with E-state index in [1.165, 1.54) is 0 Å². The van der Waals surface area contributed by atoms with Gasteiger partial charge in [0.1, 0.15) is 5.82 Å². The molecule has 0 unspecified atom stereocenters. The van der Waals surface area contributed by atoms with E-state index < -0.39 is 0 Å². The number of rotatable bonds is 2. The zero-order valence-electron chi connectivity index (χ0n) is 15.7. The van der Waals surface area contributed by atoms with E-state index >= 15 is 0 Å². The second-order valence-corrected chi connectivity index (χ2v) is 7.31. The number of hydrogen-bond acceptors (Lipinski definition) is 5. The first-order valence-corrected chi connectivity index (χ1v) is 9.26. The van der Waals surface area contributed by atoms with Gasteiger partial charge in [0.05, 0.1) is 35.8 Å². The fourth-order valence-electron chi connectivity index (χ4n) is 3.90. The molecule has 4 heterocycles. The van der Waals surface area contributed by atoms with Crippen molar-refractivity contribution < 1.29 is 4.74 Å². The number of hydrogen-bond donors (Lipinski definition) is 0. The van der Waals surface area contributed by atoms with E-state index in [2.05, 4.69) is 47.0 Å². The summed E-state index contributed by atoms with van der Waals surface area (Å²) >= 11 is 0. The Morgan fingerprint density at radius 3 is 2.67 bits per heavy atom. The summed E-state index contributed by atoms with van der Waals surface area (Å²) in [6.45, 7) is 5.89. The molecular formula is C20H22N6O. The van der Waals surface area contributed by atoms with Crippen LogP contribution in [0.1, 0.15) is 13.8 Å². The van der Waals surface area contributed by atoms with Gasteiger partial charge >= 0.3 is 0 Å². The number of aryl methyl sites for hydroxylation is 1. The average Bonchev–Trinajstić information content (AvgIpc) is 3.24. The lowest BCUT2D eigenvalue weighted by Gasteiger charge is -2.35. The highest BCUT2D eigenvalue weighted by Crippen LogP contribution is 2.26. The Kier molecular flexibility index (Phi) is 3.65. The number of imidazole rings is 1. The number of fused-ring (bicyclic) bond motifs is 2. The van der Waals surface area contributed by atoms with Crippen molar-refractivity contribution in [2.45, 2.75) is 26.1 Å². The van der Waals surface area contributed by atoms with Crippen molar-refractivity contribution >= 4 is 22.4 Å². The van der Waals surface area contributed by atoms with Gasteiger partial charge in [-0.15, -0.1) is 5.10 Å². The molecule has 138 valence electrons. The molecule has 7 heteroatoms. The lowest BCUT2D eigenvalue weighted by Crippen LogP contribution is -2.46. The molecule has 0 aliphatic carbocycles. The van der Waals surface area contributed by atoms with Gasteiger partial charge in [-0.3, -0.25) is 4.68 Å². The van der Waals surface area contributed by atoms with E-state index in [9.17, 15) is 0 Å². The average molecular weight is 362 g/mol. The summed E-state index contributed by atoms with van der Waals surface area (Å²) in [5, 5.41) is 10.4. The van der Waals surface area contributed by atoms with Gasteiger partial charge in [0.25, 0.3) is 0 Å². The van der Waals surface area contributed by atoms with Crippen molar-refractivity contribution in [3.05, 3.63) is 42.7 Å². The molecular weight excluding hydrogens is 340 g/mol. The number of ether oxygens (including phenoxy) is 1. The van der Waals surface area contributed by atoms with Crippen LogP contribution in [0, 0.1) is 0 Å². The number of anilines is 1. The van der Waals surface area contributed by atoms with Crippen LogP contribution in [0.2, 0.25) is 0 Å². The van der Waals surface area contributed by atoms with Gasteiger partial charge in [-0.25, -0.2) is 9.50 Å². The molecule has 1 aliphatic heterocycles. The van der Waals surface area contributed by atoms with Crippen LogP contribution in [-0.2, 0) is 11.8 Å². The molecule has 0 radical (unpaired) electrons. The first kappa shape index (κ1) is 16.3. The minimum Gasteiger partial charge on any atom is -0.372 e. The second kappa shape index (κ2) is 6.06. The predicted octanol–water partition coefficient (Wildman–Crippen LogP) is 2.90. The highest BCUT2D eigenvalue weighted by atomic mass is 16.5. The molecule has 27 heavy (non-hydrogen) atoms. The molecule has 4 aromatic rings. The first-order chi connectivity index (χ1) is 13.1. The summed E-state index contributed by atoms with van der Waals surface area (Å²) in [6, 6.07) is 10.4. The molecule has 1 aliphatic rings. The van der Waals surface area contributed by atoms with Gasteiger partial charge in [-0.2, -0.15) is 5.10 Å². The Bertz CT molecular complexity index is 1120. The number of aromatic nitrogens is 5. The van der Waals surface area contributed by atoms with E-state index in [4.69, 9.17) is 9.84 Å². The quantitative estimate of drug-likeness (QED) is 0.549. The molecule has 1 fully saturated rings. The molecule has 0 spiro atoms. The lowest BCUT2D eigenvalue weighted by atomic mass is 10.1. The molecule has 7 nitrogen and oxygen atoms in total. The molecule has 1 aromatic carbocycles. The third-order valence-electron chi connectivity index (χ3n) is 5.14. The number of nitrogens with zero attached hydrogens (tertiary/aromatic N) is 6. The van der Waals surface area contributed by atoms with Gasteiger partial charge < -0.3 is 9.64 Å². The van der Waals surface area contributed by atoms with Crippen molar-refractivity contribution in [2.24, 2.45) is 7.05 Å².